The Hall–Kier alpha value is -1.84. The molecule has 0 N–H and O–H groups in total. The average Bonchev–Trinajstić information content (AvgIpc) is 3.07. The molecule has 0 aromatic heterocycles. The van der Waals surface area contributed by atoms with Gasteiger partial charge in [0.2, 0.25) is 0 Å². The Balaban J connectivity index is 0.00000192. The van der Waals surface area contributed by atoms with Crippen molar-refractivity contribution < 1.29 is 9.53 Å². The molecule has 0 radical (unpaired) electrons. The first kappa shape index (κ1) is 17.5. The number of hydrogen-bond donors (Lipinski definition) is 0. The molecule has 1 aliphatic rings. The topological polar surface area (TPSA) is 29.5 Å². The van der Waals surface area contributed by atoms with Crippen molar-refractivity contribution in [3.63, 3.8) is 0 Å². The Labute approximate surface area is 143 Å². The highest BCUT2D eigenvalue weighted by Gasteiger charge is 2.14. The lowest BCUT2D eigenvalue weighted by atomic mass is 10.1. The Morgan fingerprint density at radius 1 is 0.913 bits per heavy atom. The lowest BCUT2D eigenvalue weighted by Gasteiger charge is -2.17. The van der Waals surface area contributed by atoms with Gasteiger partial charge in [-0.05, 0) is 49.2 Å². The molecule has 3 rings (SSSR count). The molecule has 0 spiro atoms. The molecule has 0 atom stereocenters. The molecule has 0 unspecified atom stereocenters. The van der Waals surface area contributed by atoms with Crippen LogP contribution >= 0.6 is 12.4 Å². The second kappa shape index (κ2) is 8.70. The number of carbonyl (C=O) groups excluding carboxylic acids is 1. The number of halogens is 1. The predicted molar refractivity (Wildman–Crippen MR) is 93.8 cm³/mol. The largest absolute Gasteiger partial charge is 0.457 e. The van der Waals surface area contributed by atoms with Gasteiger partial charge in [0, 0.05) is 6.54 Å². The van der Waals surface area contributed by atoms with E-state index >= 15 is 0 Å². The van der Waals surface area contributed by atoms with Gasteiger partial charge in [0.25, 0.3) is 0 Å². The molecular formula is C19H22ClNO2. The van der Waals surface area contributed by atoms with Crippen LogP contribution in [-0.2, 0) is 17.9 Å². The van der Waals surface area contributed by atoms with Gasteiger partial charge in [0.15, 0.2) is 0 Å². The smallest absolute Gasteiger partial charge is 0.338 e. The van der Waals surface area contributed by atoms with Crippen molar-refractivity contribution in [3.8, 4) is 0 Å². The van der Waals surface area contributed by atoms with Gasteiger partial charge < -0.3 is 4.74 Å². The fourth-order valence-corrected chi connectivity index (χ4v) is 2.84. The number of esters is 1. The summed E-state index contributed by atoms with van der Waals surface area (Å²) < 4.78 is 5.46. The van der Waals surface area contributed by atoms with E-state index in [2.05, 4.69) is 11.0 Å². The highest BCUT2D eigenvalue weighted by molar-refractivity contribution is 5.89. The molecule has 4 heteroatoms. The summed E-state index contributed by atoms with van der Waals surface area (Å²) in [4.78, 5) is 14.5. The van der Waals surface area contributed by atoms with Crippen LogP contribution in [0.4, 0.5) is 0 Å². The third kappa shape index (κ3) is 4.81. The van der Waals surface area contributed by atoms with Crippen molar-refractivity contribution in [3.05, 3.63) is 71.3 Å². The van der Waals surface area contributed by atoms with Crippen LogP contribution in [0.2, 0.25) is 0 Å². The Morgan fingerprint density at radius 2 is 1.52 bits per heavy atom. The van der Waals surface area contributed by atoms with Crippen LogP contribution in [0.3, 0.4) is 0 Å². The summed E-state index contributed by atoms with van der Waals surface area (Å²) in [7, 11) is 0. The summed E-state index contributed by atoms with van der Waals surface area (Å²) in [5, 5.41) is 0. The lowest BCUT2D eigenvalue weighted by molar-refractivity contribution is 0.0471. The first-order chi connectivity index (χ1) is 10.8. The predicted octanol–water partition coefficient (Wildman–Crippen LogP) is 4.06. The van der Waals surface area contributed by atoms with Crippen molar-refractivity contribution in [2.75, 3.05) is 13.1 Å². The standard InChI is InChI=1S/C19H21NO2.ClH/c21-19(16-8-2-1-3-9-16)22-15-18-11-5-4-10-17(18)14-20-12-6-7-13-20;/h1-5,8-11H,6-7,12-15H2;1H. The maximum atomic E-state index is 12.0. The van der Waals surface area contributed by atoms with Crippen LogP contribution in [0.25, 0.3) is 0 Å². The van der Waals surface area contributed by atoms with Crippen LogP contribution in [0.15, 0.2) is 54.6 Å². The van der Waals surface area contributed by atoms with Crippen LogP contribution in [-0.4, -0.2) is 24.0 Å². The molecule has 1 heterocycles. The minimum absolute atomic E-state index is 0. The van der Waals surface area contributed by atoms with Crippen molar-refractivity contribution in [2.24, 2.45) is 0 Å². The van der Waals surface area contributed by atoms with Crippen LogP contribution in [0, 0.1) is 0 Å². The SMILES string of the molecule is Cl.O=C(OCc1ccccc1CN1CCCC1)c1ccccc1. The Bertz CT molecular complexity index is 624. The fraction of sp³-hybridized carbons (Fsp3) is 0.316. The molecule has 0 saturated carbocycles. The molecular weight excluding hydrogens is 310 g/mol. The van der Waals surface area contributed by atoms with Crippen molar-refractivity contribution in [1.29, 1.82) is 0 Å². The molecule has 0 aliphatic carbocycles. The summed E-state index contributed by atoms with van der Waals surface area (Å²) >= 11 is 0. The normalized spacial score (nSPS) is 14.3. The first-order valence-electron chi connectivity index (χ1n) is 7.84. The van der Waals surface area contributed by atoms with E-state index in [-0.39, 0.29) is 18.4 Å². The number of rotatable bonds is 5. The van der Waals surface area contributed by atoms with Crippen molar-refractivity contribution in [2.45, 2.75) is 26.0 Å². The minimum atomic E-state index is -0.267. The molecule has 1 aliphatic heterocycles. The molecule has 122 valence electrons. The van der Waals surface area contributed by atoms with Crippen molar-refractivity contribution in [1.82, 2.24) is 4.90 Å². The van der Waals surface area contributed by atoms with E-state index in [1.165, 1.54) is 18.4 Å². The van der Waals surface area contributed by atoms with Gasteiger partial charge in [-0.25, -0.2) is 4.79 Å². The summed E-state index contributed by atoms with van der Waals surface area (Å²) in [5.74, 6) is -0.267. The summed E-state index contributed by atoms with van der Waals surface area (Å²) in [6, 6.07) is 17.4. The zero-order chi connectivity index (χ0) is 15.2. The van der Waals surface area contributed by atoms with E-state index in [4.69, 9.17) is 4.74 Å². The first-order valence-corrected chi connectivity index (χ1v) is 7.84. The maximum Gasteiger partial charge on any atom is 0.338 e. The number of ether oxygens (including phenoxy) is 1. The quantitative estimate of drug-likeness (QED) is 0.774. The molecule has 23 heavy (non-hydrogen) atoms. The summed E-state index contributed by atoms with van der Waals surface area (Å²) in [6.45, 7) is 3.60. The van der Waals surface area contributed by atoms with Gasteiger partial charge in [-0.1, -0.05) is 42.5 Å². The number of hydrogen-bond acceptors (Lipinski definition) is 3. The van der Waals surface area contributed by atoms with Crippen LogP contribution in [0.5, 0.6) is 0 Å². The van der Waals surface area contributed by atoms with Crippen LogP contribution in [0.1, 0.15) is 34.3 Å². The molecule has 0 bridgehead atoms. The van der Waals surface area contributed by atoms with Crippen molar-refractivity contribution >= 4 is 18.4 Å². The third-order valence-electron chi connectivity index (χ3n) is 4.08. The molecule has 1 saturated heterocycles. The van der Waals surface area contributed by atoms with E-state index < -0.39 is 0 Å². The van der Waals surface area contributed by atoms with Gasteiger partial charge in [-0.3, -0.25) is 4.90 Å². The minimum Gasteiger partial charge on any atom is -0.457 e. The van der Waals surface area contributed by atoms with Gasteiger partial charge in [-0.2, -0.15) is 0 Å². The number of likely N-dealkylation sites (tertiary alicyclic amines) is 1. The highest BCUT2D eigenvalue weighted by Crippen LogP contribution is 2.17. The molecule has 3 nitrogen and oxygen atoms in total. The van der Waals surface area contributed by atoms with Gasteiger partial charge >= 0.3 is 5.97 Å². The summed E-state index contributed by atoms with van der Waals surface area (Å²) in [5.41, 5.74) is 2.95. The van der Waals surface area contributed by atoms with Gasteiger partial charge in [0.05, 0.1) is 5.56 Å². The summed E-state index contributed by atoms with van der Waals surface area (Å²) in [6.07, 6.45) is 2.57. The Kier molecular flexibility index (Phi) is 6.63. The zero-order valence-electron chi connectivity index (χ0n) is 13.1. The monoisotopic (exact) mass is 331 g/mol. The van der Waals surface area contributed by atoms with E-state index in [1.54, 1.807) is 12.1 Å². The third-order valence-corrected chi connectivity index (χ3v) is 4.08. The van der Waals surface area contributed by atoms with E-state index in [1.807, 2.05) is 36.4 Å². The van der Waals surface area contributed by atoms with E-state index in [0.29, 0.717) is 12.2 Å². The highest BCUT2D eigenvalue weighted by atomic mass is 35.5. The number of nitrogens with zero attached hydrogens (tertiary/aromatic N) is 1. The number of benzene rings is 2. The molecule has 2 aromatic carbocycles. The lowest BCUT2D eigenvalue weighted by Crippen LogP contribution is -2.19. The van der Waals surface area contributed by atoms with Gasteiger partial charge in [0.1, 0.15) is 6.61 Å². The Morgan fingerprint density at radius 3 is 2.22 bits per heavy atom. The van der Waals surface area contributed by atoms with Gasteiger partial charge in [-0.15, -0.1) is 12.4 Å². The molecule has 0 amide bonds. The molecule has 1 fully saturated rings. The van der Waals surface area contributed by atoms with E-state index in [0.717, 1.165) is 25.2 Å². The fourth-order valence-electron chi connectivity index (χ4n) is 2.84. The molecule has 2 aromatic rings. The number of carbonyl (C=O) groups is 1. The second-order valence-corrected chi connectivity index (χ2v) is 5.69. The maximum absolute atomic E-state index is 12.0. The van der Waals surface area contributed by atoms with E-state index in [9.17, 15) is 4.79 Å². The zero-order valence-corrected chi connectivity index (χ0v) is 13.9. The van der Waals surface area contributed by atoms with Crippen LogP contribution < -0.4 is 0 Å². The second-order valence-electron chi connectivity index (χ2n) is 5.69. The average molecular weight is 332 g/mol.